The van der Waals surface area contributed by atoms with Crippen molar-refractivity contribution >= 4 is 5.69 Å². The van der Waals surface area contributed by atoms with Gasteiger partial charge in [-0.1, -0.05) is 24.6 Å². The average molecular weight is 370 g/mol. The number of hydrogen-bond acceptors (Lipinski definition) is 5. The smallest absolute Gasteiger partial charge is 0.122 e. The standard InChI is InChI=1S/C22H31N3O2/c1-4-10-24(11-5-1)21(22-9-6-14-27-22)18-23-17-19-7-2-3-8-20(19)25-12-15-26-16-13-25/h2-3,6-9,14,21,23H,1,4-5,10-13,15-18H2. The molecule has 0 radical (unpaired) electrons. The highest BCUT2D eigenvalue weighted by Crippen LogP contribution is 2.25. The molecule has 0 aliphatic carbocycles. The normalized spacial score (nSPS) is 19.9. The Labute approximate surface area is 162 Å². The van der Waals surface area contributed by atoms with Gasteiger partial charge in [0, 0.05) is 31.9 Å². The summed E-state index contributed by atoms with van der Waals surface area (Å²) in [7, 11) is 0. The minimum atomic E-state index is 0.316. The molecule has 2 aromatic rings. The Morgan fingerprint density at radius 2 is 1.74 bits per heavy atom. The van der Waals surface area contributed by atoms with Crippen LogP contribution in [0.2, 0.25) is 0 Å². The van der Waals surface area contributed by atoms with Crippen molar-refractivity contribution < 1.29 is 9.15 Å². The molecule has 2 aliphatic rings. The summed E-state index contributed by atoms with van der Waals surface area (Å²) < 4.78 is 11.3. The van der Waals surface area contributed by atoms with Gasteiger partial charge < -0.3 is 19.4 Å². The van der Waals surface area contributed by atoms with Crippen LogP contribution in [-0.4, -0.2) is 50.8 Å². The van der Waals surface area contributed by atoms with E-state index in [0.29, 0.717) is 6.04 Å². The Kier molecular flexibility index (Phi) is 6.45. The maximum absolute atomic E-state index is 5.77. The fourth-order valence-corrected chi connectivity index (χ4v) is 4.24. The SMILES string of the molecule is c1coc(C(CNCc2ccccc2N2CCOCC2)N2CCCCC2)c1. The second kappa shape index (κ2) is 9.40. The molecule has 2 aliphatic heterocycles. The van der Waals surface area contributed by atoms with Gasteiger partial charge in [0.25, 0.3) is 0 Å². The molecule has 1 aromatic heterocycles. The number of para-hydroxylation sites is 1. The average Bonchev–Trinajstić information content (AvgIpc) is 3.27. The van der Waals surface area contributed by atoms with E-state index in [4.69, 9.17) is 9.15 Å². The molecule has 0 saturated carbocycles. The Hall–Kier alpha value is -1.82. The highest BCUT2D eigenvalue weighted by Gasteiger charge is 2.24. The molecule has 146 valence electrons. The number of ether oxygens (including phenoxy) is 1. The second-order valence-corrected chi connectivity index (χ2v) is 7.49. The fraction of sp³-hybridized carbons (Fsp3) is 0.545. The first-order chi connectivity index (χ1) is 13.4. The van der Waals surface area contributed by atoms with Gasteiger partial charge in [-0.25, -0.2) is 0 Å². The molecule has 5 nitrogen and oxygen atoms in total. The van der Waals surface area contributed by atoms with Crippen molar-refractivity contribution in [3.63, 3.8) is 0 Å². The fourth-order valence-electron chi connectivity index (χ4n) is 4.24. The van der Waals surface area contributed by atoms with Crippen molar-refractivity contribution in [3.8, 4) is 0 Å². The van der Waals surface area contributed by atoms with Crippen LogP contribution in [0.5, 0.6) is 0 Å². The van der Waals surface area contributed by atoms with E-state index in [-0.39, 0.29) is 0 Å². The topological polar surface area (TPSA) is 40.9 Å². The molecule has 27 heavy (non-hydrogen) atoms. The summed E-state index contributed by atoms with van der Waals surface area (Å²) in [6, 6.07) is 13.2. The van der Waals surface area contributed by atoms with E-state index in [1.165, 1.54) is 30.5 Å². The van der Waals surface area contributed by atoms with Crippen LogP contribution in [0, 0.1) is 0 Å². The van der Waals surface area contributed by atoms with E-state index >= 15 is 0 Å². The largest absolute Gasteiger partial charge is 0.468 e. The van der Waals surface area contributed by atoms with E-state index in [1.807, 2.05) is 6.07 Å². The van der Waals surface area contributed by atoms with Crippen molar-refractivity contribution in [2.75, 3.05) is 50.8 Å². The molecule has 5 heteroatoms. The van der Waals surface area contributed by atoms with E-state index < -0.39 is 0 Å². The molecule has 0 spiro atoms. The number of morpholine rings is 1. The molecule has 1 aromatic carbocycles. The monoisotopic (exact) mass is 369 g/mol. The third-order valence-corrected chi connectivity index (χ3v) is 5.70. The third-order valence-electron chi connectivity index (χ3n) is 5.70. The Balaban J connectivity index is 1.40. The first kappa shape index (κ1) is 18.5. The molecule has 1 unspecified atom stereocenters. The third kappa shape index (κ3) is 4.72. The number of rotatable bonds is 7. The maximum atomic E-state index is 5.77. The lowest BCUT2D eigenvalue weighted by Crippen LogP contribution is -2.39. The maximum Gasteiger partial charge on any atom is 0.122 e. The first-order valence-electron chi connectivity index (χ1n) is 10.3. The van der Waals surface area contributed by atoms with Crippen molar-refractivity contribution in [2.24, 2.45) is 0 Å². The number of nitrogens with one attached hydrogen (secondary N) is 1. The van der Waals surface area contributed by atoms with Gasteiger partial charge in [0.15, 0.2) is 0 Å². The number of likely N-dealkylation sites (tertiary alicyclic amines) is 1. The lowest BCUT2D eigenvalue weighted by molar-refractivity contribution is 0.122. The van der Waals surface area contributed by atoms with Gasteiger partial charge in [0.1, 0.15) is 5.76 Å². The lowest BCUT2D eigenvalue weighted by atomic mass is 10.1. The van der Waals surface area contributed by atoms with Crippen LogP contribution in [-0.2, 0) is 11.3 Å². The second-order valence-electron chi connectivity index (χ2n) is 7.49. The Bertz CT molecular complexity index is 677. The summed E-state index contributed by atoms with van der Waals surface area (Å²) in [6.07, 6.45) is 5.72. The zero-order valence-electron chi connectivity index (χ0n) is 16.1. The number of anilines is 1. The van der Waals surface area contributed by atoms with Crippen LogP contribution in [0.1, 0.15) is 36.6 Å². The van der Waals surface area contributed by atoms with Crippen molar-refractivity contribution in [1.82, 2.24) is 10.2 Å². The molecule has 0 bridgehead atoms. The van der Waals surface area contributed by atoms with Crippen LogP contribution in [0.4, 0.5) is 5.69 Å². The Morgan fingerprint density at radius 3 is 2.52 bits per heavy atom. The summed E-state index contributed by atoms with van der Waals surface area (Å²) in [6.45, 7) is 7.69. The van der Waals surface area contributed by atoms with E-state index in [2.05, 4.69) is 45.4 Å². The molecule has 3 heterocycles. The summed E-state index contributed by atoms with van der Waals surface area (Å²) in [5, 5.41) is 3.71. The molecule has 4 rings (SSSR count). The van der Waals surface area contributed by atoms with Gasteiger partial charge in [-0.15, -0.1) is 0 Å². The van der Waals surface area contributed by atoms with Crippen LogP contribution >= 0.6 is 0 Å². The predicted molar refractivity (Wildman–Crippen MR) is 108 cm³/mol. The Morgan fingerprint density at radius 1 is 0.926 bits per heavy atom. The molecule has 0 amide bonds. The van der Waals surface area contributed by atoms with Crippen LogP contribution in [0.3, 0.4) is 0 Å². The number of hydrogen-bond donors (Lipinski definition) is 1. The number of piperidine rings is 1. The van der Waals surface area contributed by atoms with Gasteiger partial charge in [-0.2, -0.15) is 0 Å². The summed E-state index contributed by atoms with van der Waals surface area (Å²) in [4.78, 5) is 5.01. The zero-order valence-corrected chi connectivity index (χ0v) is 16.1. The molecular weight excluding hydrogens is 338 g/mol. The number of furan rings is 1. The van der Waals surface area contributed by atoms with E-state index in [0.717, 1.165) is 58.2 Å². The first-order valence-corrected chi connectivity index (χ1v) is 10.3. The zero-order chi connectivity index (χ0) is 18.3. The van der Waals surface area contributed by atoms with Gasteiger partial charge in [-0.3, -0.25) is 4.90 Å². The minimum Gasteiger partial charge on any atom is -0.468 e. The lowest BCUT2D eigenvalue weighted by Gasteiger charge is -2.34. The number of benzene rings is 1. The van der Waals surface area contributed by atoms with Crippen molar-refractivity contribution in [1.29, 1.82) is 0 Å². The molecule has 1 atom stereocenters. The van der Waals surface area contributed by atoms with E-state index in [1.54, 1.807) is 6.26 Å². The van der Waals surface area contributed by atoms with Crippen molar-refractivity contribution in [2.45, 2.75) is 31.8 Å². The summed E-state index contributed by atoms with van der Waals surface area (Å²) in [5.41, 5.74) is 2.69. The van der Waals surface area contributed by atoms with Crippen LogP contribution in [0.15, 0.2) is 47.1 Å². The minimum absolute atomic E-state index is 0.316. The van der Waals surface area contributed by atoms with Crippen molar-refractivity contribution in [3.05, 3.63) is 54.0 Å². The molecule has 2 fully saturated rings. The van der Waals surface area contributed by atoms with E-state index in [9.17, 15) is 0 Å². The quantitative estimate of drug-likeness (QED) is 0.810. The highest BCUT2D eigenvalue weighted by molar-refractivity contribution is 5.53. The van der Waals surface area contributed by atoms with Gasteiger partial charge >= 0.3 is 0 Å². The molecular formula is C22H31N3O2. The van der Waals surface area contributed by atoms with Gasteiger partial charge in [0.2, 0.25) is 0 Å². The highest BCUT2D eigenvalue weighted by atomic mass is 16.5. The van der Waals surface area contributed by atoms with Gasteiger partial charge in [0.05, 0.1) is 25.5 Å². The van der Waals surface area contributed by atoms with Crippen LogP contribution < -0.4 is 10.2 Å². The molecule has 2 saturated heterocycles. The number of nitrogens with zero attached hydrogens (tertiary/aromatic N) is 2. The van der Waals surface area contributed by atoms with Gasteiger partial charge in [-0.05, 0) is 49.7 Å². The molecule has 1 N–H and O–H groups in total. The summed E-state index contributed by atoms with van der Waals surface area (Å²) in [5.74, 6) is 1.07. The summed E-state index contributed by atoms with van der Waals surface area (Å²) >= 11 is 0. The predicted octanol–water partition coefficient (Wildman–Crippen LogP) is 3.43. The van der Waals surface area contributed by atoms with Crippen LogP contribution in [0.25, 0.3) is 0 Å².